The van der Waals surface area contributed by atoms with Crippen molar-refractivity contribution in [3.05, 3.63) is 28.2 Å². The summed E-state index contributed by atoms with van der Waals surface area (Å²) in [5.41, 5.74) is 0. The minimum Gasteiger partial charge on any atom is -0.484 e. The molecule has 0 bridgehead atoms. The highest BCUT2D eigenvalue weighted by atomic mass is 35.5. The highest BCUT2D eigenvalue weighted by molar-refractivity contribution is 6.34. The Morgan fingerprint density at radius 3 is 2.75 bits per heavy atom. The Bertz CT molecular complexity index is 462. The highest BCUT2D eigenvalue weighted by Crippen LogP contribution is 2.24. The fourth-order valence-corrected chi connectivity index (χ4v) is 2.70. The van der Waals surface area contributed by atoms with Gasteiger partial charge in [0.1, 0.15) is 5.75 Å². The van der Waals surface area contributed by atoms with E-state index >= 15 is 0 Å². The molecular weight excluding hydrogens is 299 g/mol. The maximum Gasteiger partial charge on any atom is 0.258 e. The number of ether oxygens (including phenoxy) is 1. The first-order valence-electron chi connectivity index (χ1n) is 6.63. The van der Waals surface area contributed by atoms with Crippen molar-refractivity contribution in [3.63, 3.8) is 0 Å². The van der Waals surface area contributed by atoms with Crippen LogP contribution >= 0.6 is 23.2 Å². The second-order valence-electron chi connectivity index (χ2n) is 5.04. The van der Waals surface area contributed by atoms with E-state index in [1.54, 1.807) is 18.2 Å². The third-order valence-electron chi connectivity index (χ3n) is 3.38. The van der Waals surface area contributed by atoms with Gasteiger partial charge >= 0.3 is 0 Å². The summed E-state index contributed by atoms with van der Waals surface area (Å²) in [7, 11) is 0. The Morgan fingerprint density at radius 1 is 1.40 bits per heavy atom. The zero-order chi connectivity index (χ0) is 14.5. The molecule has 2 rings (SSSR count). The topological polar surface area (TPSA) is 50.4 Å². The van der Waals surface area contributed by atoms with Crippen LogP contribution in [0.15, 0.2) is 18.2 Å². The van der Waals surface area contributed by atoms with Crippen LogP contribution in [0.3, 0.4) is 0 Å². The average molecular weight is 317 g/mol. The molecule has 0 aromatic heterocycles. The molecule has 0 aliphatic carbocycles. The molecule has 0 spiro atoms. The van der Waals surface area contributed by atoms with E-state index in [4.69, 9.17) is 27.9 Å². The molecule has 1 aliphatic rings. The minimum absolute atomic E-state index is 0.0418. The summed E-state index contributed by atoms with van der Waals surface area (Å²) >= 11 is 11.7. The normalized spacial score (nSPS) is 22.4. The van der Waals surface area contributed by atoms with E-state index in [2.05, 4.69) is 17.6 Å². The summed E-state index contributed by atoms with van der Waals surface area (Å²) in [6, 6.07) is 5.03. The maximum absolute atomic E-state index is 11.9. The molecule has 1 fully saturated rings. The van der Waals surface area contributed by atoms with Crippen molar-refractivity contribution in [1.82, 2.24) is 10.6 Å². The quantitative estimate of drug-likeness (QED) is 0.897. The number of piperidine rings is 1. The molecule has 1 saturated heterocycles. The van der Waals surface area contributed by atoms with Crippen LogP contribution in [0.2, 0.25) is 10.0 Å². The fraction of sp³-hybridized carbons (Fsp3) is 0.500. The van der Waals surface area contributed by atoms with Crippen LogP contribution in [-0.2, 0) is 4.79 Å². The molecule has 0 saturated carbocycles. The Balaban J connectivity index is 1.82. The van der Waals surface area contributed by atoms with Crippen molar-refractivity contribution in [2.45, 2.75) is 19.4 Å². The molecular formula is C14H18Cl2N2O2. The summed E-state index contributed by atoms with van der Waals surface area (Å²) in [5, 5.41) is 7.21. The molecule has 1 aromatic rings. The number of hydrogen-bond acceptors (Lipinski definition) is 3. The lowest BCUT2D eigenvalue weighted by Gasteiger charge is -2.30. The molecule has 2 unspecified atom stereocenters. The van der Waals surface area contributed by atoms with Crippen molar-refractivity contribution in [3.8, 4) is 5.75 Å². The third-order valence-corrected chi connectivity index (χ3v) is 3.82. The SMILES string of the molecule is CC1CCNCC1NC(=O)COc1cc(Cl)cc(Cl)c1. The highest BCUT2D eigenvalue weighted by Gasteiger charge is 2.22. The Labute approximate surface area is 128 Å². The number of halogens is 2. The first-order chi connectivity index (χ1) is 9.54. The second kappa shape index (κ2) is 7.16. The Hall–Kier alpha value is -0.970. The zero-order valence-electron chi connectivity index (χ0n) is 11.3. The van der Waals surface area contributed by atoms with E-state index in [1.807, 2.05) is 0 Å². The summed E-state index contributed by atoms with van der Waals surface area (Å²) in [6.45, 7) is 3.91. The van der Waals surface area contributed by atoms with E-state index in [0.29, 0.717) is 21.7 Å². The maximum atomic E-state index is 11.9. The van der Waals surface area contributed by atoms with E-state index in [1.165, 1.54) is 0 Å². The summed E-state index contributed by atoms with van der Waals surface area (Å²) in [5.74, 6) is 0.829. The van der Waals surface area contributed by atoms with Crippen LogP contribution in [0, 0.1) is 5.92 Å². The minimum atomic E-state index is -0.137. The van der Waals surface area contributed by atoms with Gasteiger partial charge in [0.15, 0.2) is 6.61 Å². The van der Waals surface area contributed by atoms with Crippen molar-refractivity contribution >= 4 is 29.1 Å². The van der Waals surface area contributed by atoms with Gasteiger partial charge in [0, 0.05) is 22.6 Å². The van der Waals surface area contributed by atoms with E-state index in [0.717, 1.165) is 19.5 Å². The molecule has 1 aliphatic heterocycles. The van der Waals surface area contributed by atoms with Gasteiger partial charge in [-0.25, -0.2) is 0 Å². The monoisotopic (exact) mass is 316 g/mol. The molecule has 2 N–H and O–H groups in total. The van der Waals surface area contributed by atoms with Gasteiger partial charge in [0.05, 0.1) is 0 Å². The third kappa shape index (κ3) is 4.54. The van der Waals surface area contributed by atoms with Gasteiger partial charge in [-0.1, -0.05) is 30.1 Å². The second-order valence-corrected chi connectivity index (χ2v) is 5.91. The Kier molecular flexibility index (Phi) is 5.52. The van der Waals surface area contributed by atoms with Crippen LogP contribution in [0.4, 0.5) is 0 Å². The van der Waals surface area contributed by atoms with Crippen LogP contribution in [0.25, 0.3) is 0 Å². The largest absolute Gasteiger partial charge is 0.484 e. The summed E-state index contributed by atoms with van der Waals surface area (Å²) in [4.78, 5) is 11.9. The molecule has 110 valence electrons. The van der Waals surface area contributed by atoms with Gasteiger partial charge in [-0.3, -0.25) is 4.79 Å². The lowest BCUT2D eigenvalue weighted by molar-refractivity contribution is -0.124. The van der Waals surface area contributed by atoms with Gasteiger partial charge in [0.2, 0.25) is 0 Å². The summed E-state index contributed by atoms with van der Waals surface area (Å²) in [6.07, 6.45) is 1.07. The van der Waals surface area contributed by atoms with Crippen molar-refractivity contribution in [2.75, 3.05) is 19.7 Å². The first kappa shape index (κ1) is 15.4. The van der Waals surface area contributed by atoms with Gasteiger partial charge in [-0.05, 0) is 37.1 Å². The number of hydrogen-bond donors (Lipinski definition) is 2. The number of carbonyl (C=O) groups is 1. The van der Waals surface area contributed by atoms with Crippen LogP contribution < -0.4 is 15.4 Å². The zero-order valence-corrected chi connectivity index (χ0v) is 12.8. The summed E-state index contributed by atoms with van der Waals surface area (Å²) < 4.78 is 5.40. The van der Waals surface area contributed by atoms with Crippen LogP contribution in [0.1, 0.15) is 13.3 Å². The number of benzene rings is 1. The number of carbonyl (C=O) groups excluding carboxylic acids is 1. The lowest BCUT2D eigenvalue weighted by atomic mass is 9.95. The molecule has 0 radical (unpaired) electrons. The van der Waals surface area contributed by atoms with Crippen molar-refractivity contribution < 1.29 is 9.53 Å². The Morgan fingerprint density at radius 2 is 2.10 bits per heavy atom. The van der Waals surface area contributed by atoms with E-state index < -0.39 is 0 Å². The van der Waals surface area contributed by atoms with E-state index in [9.17, 15) is 4.79 Å². The van der Waals surface area contributed by atoms with Crippen LogP contribution in [-0.4, -0.2) is 31.6 Å². The smallest absolute Gasteiger partial charge is 0.258 e. The van der Waals surface area contributed by atoms with Gasteiger partial charge in [0.25, 0.3) is 5.91 Å². The predicted molar refractivity (Wildman–Crippen MR) is 80.5 cm³/mol. The molecule has 20 heavy (non-hydrogen) atoms. The van der Waals surface area contributed by atoms with E-state index in [-0.39, 0.29) is 18.6 Å². The number of rotatable bonds is 4. The standard InChI is InChI=1S/C14H18Cl2N2O2/c1-9-2-3-17-7-13(9)18-14(19)8-20-12-5-10(15)4-11(16)6-12/h4-6,9,13,17H,2-3,7-8H2,1H3,(H,18,19). The molecule has 1 amide bonds. The van der Waals surface area contributed by atoms with Gasteiger partial charge < -0.3 is 15.4 Å². The van der Waals surface area contributed by atoms with Crippen LogP contribution in [0.5, 0.6) is 5.75 Å². The fourth-order valence-electron chi connectivity index (χ4n) is 2.19. The van der Waals surface area contributed by atoms with Crippen molar-refractivity contribution in [1.29, 1.82) is 0 Å². The molecule has 6 heteroatoms. The molecule has 2 atom stereocenters. The number of amides is 1. The van der Waals surface area contributed by atoms with Gasteiger partial charge in [-0.15, -0.1) is 0 Å². The van der Waals surface area contributed by atoms with Crippen molar-refractivity contribution in [2.24, 2.45) is 5.92 Å². The lowest BCUT2D eigenvalue weighted by Crippen LogP contribution is -2.51. The average Bonchev–Trinajstić information content (AvgIpc) is 2.38. The van der Waals surface area contributed by atoms with Gasteiger partial charge in [-0.2, -0.15) is 0 Å². The predicted octanol–water partition coefficient (Wildman–Crippen LogP) is 2.49. The molecule has 1 aromatic carbocycles. The number of nitrogens with one attached hydrogen (secondary N) is 2. The molecule has 4 nitrogen and oxygen atoms in total. The molecule has 1 heterocycles. The first-order valence-corrected chi connectivity index (χ1v) is 7.39.